The van der Waals surface area contributed by atoms with Crippen molar-refractivity contribution >= 4 is 9.84 Å². The van der Waals surface area contributed by atoms with E-state index in [0.29, 0.717) is 13.0 Å². The Kier molecular flexibility index (Phi) is 5.74. The average molecular weight is 386 g/mol. The van der Waals surface area contributed by atoms with Crippen LogP contribution < -0.4 is 5.73 Å². The summed E-state index contributed by atoms with van der Waals surface area (Å²) >= 11 is 0. The number of nitrogens with two attached hydrogens (primary N) is 1. The van der Waals surface area contributed by atoms with E-state index in [1.807, 2.05) is 31.2 Å². The van der Waals surface area contributed by atoms with E-state index in [1.165, 1.54) is 12.1 Å². The molecule has 3 rings (SSSR count). The van der Waals surface area contributed by atoms with Crippen molar-refractivity contribution in [3.05, 3.63) is 65.9 Å². The van der Waals surface area contributed by atoms with Crippen molar-refractivity contribution < 1.29 is 17.6 Å². The van der Waals surface area contributed by atoms with Crippen LogP contribution in [0.3, 0.4) is 0 Å². The molecule has 2 N–H and O–H groups in total. The lowest BCUT2D eigenvalue weighted by Gasteiger charge is -2.10. The highest BCUT2D eigenvalue weighted by molar-refractivity contribution is 7.91. The molecule has 7 heteroatoms. The van der Waals surface area contributed by atoms with Crippen LogP contribution in [-0.4, -0.2) is 27.1 Å². The van der Waals surface area contributed by atoms with Crippen molar-refractivity contribution in [2.45, 2.75) is 29.3 Å². The Bertz CT molecular complexity index is 1010. The lowest BCUT2D eigenvalue weighted by molar-refractivity contribution is 0.184. The Labute approximate surface area is 158 Å². The van der Waals surface area contributed by atoms with Crippen LogP contribution in [0, 0.1) is 6.92 Å². The lowest BCUT2D eigenvalue weighted by Crippen LogP contribution is -2.16. The fourth-order valence-corrected chi connectivity index (χ4v) is 4.16. The topological polar surface area (TPSA) is 95.4 Å². The van der Waals surface area contributed by atoms with E-state index < -0.39 is 15.9 Å². The first-order valence-electron chi connectivity index (χ1n) is 8.56. The number of oxazole rings is 1. The van der Waals surface area contributed by atoms with Crippen LogP contribution in [0.1, 0.15) is 23.8 Å². The molecular weight excluding hydrogens is 364 g/mol. The fraction of sp³-hybridized carbons (Fsp3) is 0.250. The van der Waals surface area contributed by atoms with E-state index in [-0.39, 0.29) is 21.6 Å². The number of hydrogen-bond donors (Lipinski definition) is 1. The van der Waals surface area contributed by atoms with Crippen LogP contribution >= 0.6 is 0 Å². The summed E-state index contributed by atoms with van der Waals surface area (Å²) in [6, 6.07) is 15.0. The molecule has 0 bridgehead atoms. The lowest BCUT2D eigenvalue weighted by atomic mass is 10.1. The Morgan fingerprint density at radius 1 is 1.11 bits per heavy atom. The molecular formula is C20H22N2O4S. The highest BCUT2D eigenvalue weighted by Gasteiger charge is 2.31. The SMILES string of the molecule is COCCC(N)c1oc(-c2ccccc2C)nc1S(=O)(=O)c1ccccc1. The first-order valence-corrected chi connectivity index (χ1v) is 10.0. The molecule has 0 radical (unpaired) electrons. The molecule has 1 atom stereocenters. The molecule has 0 saturated heterocycles. The van der Waals surface area contributed by atoms with Gasteiger partial charge in [0, 0.05) is 19.3 Å². The van der Waals surface area contributed by atoms with Crippen molar-refractivity contribution in [2.24, 2.45) is 5.73 Å². The number of aromatic nitrogens is 1. The minimum Gasteiger partial charge on any atom is -0.438 e. The largest absolute Gasteiger partial charge is 0.438 e. The molecule has 1 unspecified atom stereocenters. The first kappa shape index (κ1) is 19.3. The summed E-state index contributed by atoms with van der Waals surface area (Å²) in [6.07, 6.45) is 0.413. The van der Waals surface area contributed by atoms with Gasteiger partial charge in [-0.3, -0.25) is 0 Å². The Morgan fingerprint density at radius 2 is 1.78 bits per heavy atom. The number of ether oxygens (including phenoxy) is 1. The zero-order valence-corrected chi connectivity index (χ0v) is 16.1. The number of sulfone groups is 1. The van der Waals surface area contributed by atoms with Crippen molar-refractivity contribution in [3.8, 4) is 11.5 Å². The predicted molar refractivity (Wildman–Crippen MR) is 102 cm³/mol. The zero-order chi connectivity index (χ0) is 19.4. The number of hydrogen-bond acceptors (Lipinski definition) is 6. The highest BCUT2D eigenvalue weighted by atomic mass is 32.2. The van der Waals surface area contributed by atoms with Gasteiger partial charge in [-0.05, 0) is 37.1 Å². The molecule has 1 heterocycles. The Morgan fingerprint density at radius 3 is 2.44 bits per heavy atom. The summed E-state index contributed by atoms with van der Waals surface area (Å²) in [7, 11) is -2.30. The third-order valence-corrected chi connectivity index (χ3v) is 5.97. The number of rotatable bonds is 7. The number of aryl methyl sites for hydroxylation is 1. The van der Waals surface area contributed by atoms with Gasteiger partial charge in [0.15, 0.2) is 5.76 Å². The van der Waals surface area contributed by atoms with Crippen LogP contribution in [-0.2, 0) is 14.6 Å². The Balaban J connectivity index is 2.15. The van der Waals surface area contributed by atoms with Crippen LogP contribution in [0.2, 0.25) is 0 Å². The minimum atomic E-state index is -3.87. The van der Waals surface area contributed by atoms with Gasteiger partial charge < -0.3 is 14.9 Å². The van der Waals surface area contributed by atoms with Gasteiger partial charge >= 0.3 is 0 Å². The third-order valence-electron chi connectivity index (χ3n) is 4.27. The summed E-state index contributed by atoms with van der Waals surface area (Å²) in [5, 5.41) is -0.143. The molecule has 0 aliphatic carbocycles. The smallest absolute Gasteiger partial charge is 0.227 e. The van der Waals surface area contributed by atoms with Gasteiger partial charge in [0.2, 0.25) is 20.8 Å². The quantitative estimate of drug-likeness (QED) is 0.667. The molecule has 0 aliphatic rings. The molecule has 0 amide bonds. The van der Waals surface area contributed by atoms with E-state index in [0.717, 1.165) is 11.1 Å². The van der Waals surface area contributed by atoms with Gasteiger partial charge in [0.25, 0.3) is 0 Å². The minimum absolute atomic E-state index is 0.143. The van der Waals surface area contributed by atoms with E-state index >= 15 is 0 Å². The second-order valence-corrected chi connectivity index (χ2v) is 8.07. The summed E-state index contributed by atoms with van der Waals surface area (Å²) < 4.78 is 37.2. The highest BCUT2D eigenvalue weighted by Crippen LogP contribution is 2.33. The van der Waals surface area contributed by atoms with E-state index in [4.69, 9.17) is 14.9 Å². The van der Waals surface area contributed by atoms with Crippen molar-refractivity contribution in [1.29, 1.82) is 0 Å². The molecule has 2 aromatic carbocycles. The van der Waals surface area contributed by atoms with Gasteiger partial charge in [-0.2, -0.15) is 4.98 Å². The molecule has 0 fully saturated rings. The van der Waals surface area contributed by atoms with Crippen molar-refractivity contribution in [3.63, 3.8) is 0 Å². The number of nitrogens with zero attached hydrogens (tertiary/aromatic N) is 1. The second kappa shape index (κ2) is 8.04. The normalized spacial score (nSPS) is 12.9. The monoisotopic (exact) mass is 386 g/mol. The molecule has 0 aliphatic heterocycles. The molecule has 6 nitrogen and oxygen atoms in total. The van der Waals surface area contributed by atoms with Gasteiger partial charge in [-0.1, -0.05) is 36.4 Å². The molecule has 142 valence electrons. The van der Waals surface area contributed by atoms with Crippen LogP contribution in [0.15, 0.2) is 68.9 Å². The average Bonchev–Trinajstić information content (AvgIpc) is 3.13. The fourth-order valence-electron chi connectivity index (χ4n) is 2.76. The summed E-state index contributed by atoms with van der Waals surface area (Å²) in [5.74, 6) is 0.389. The molecule has 3 aromatic rings. The third kappa shape index (κ3) is 3.95. The standard InChI is InChI=1S/C20H22N2O4S/c1-14-8-6-7-11-16(14)19-22-20(18(26-19)17(21)12-13-25-2)27(23,24)15-9-4-3-5-10-15/h3-11,17H,12-13,21H2,1-2H3. The van der Waals surface area contributed by atoms with Gasteiger partial charge in [-0.15, -0.1) is 0 Å². The first-order chi connectivity index (χ1) is 12.9. The van der Waals surface area contributed by atoms with Gasteiger partial charge in [-0.25, -0.2) is 8.42 Å². The van der Waals surface area contributed by atoms with Crippen LogP contribution in [0.4, 0.5) is 0 Å². The predicted octanol–water partition coefficient (Wildman–Crippen LogP) is 3.52. The summed E-state index contributed by atoms with van der Waals surface area (Å²) in [6.45, 7) is 2.29. The molecule has 0 saturated carbocycles. The second-order valence-electron chi connectivity index (χ2n) is 6.21. The maximum Gasteiger partial charge on any atom is 0.227 e. The van der Waals surface area contributed by atoms with Crippen molar-refractivity contribution in [1.82, 2.24) is 4.98 Å². The molecule has 1 aromatic heterocycles. The molecule has 27 heavy (non-hydrogen) atoms. The maximum absolute atomic E-state index is 13.2. The van der Waals surface area contributed by atoms with Gasteiger partial charge in [0.05, 0.1) is 10.9 Å². The van der Waals surface area contributed by atoms with Crippen LogP contribution in [0.5, 0.6) is 0 Å². The van der Waals surface area contributed by atoms with E-state index in [1.54, 1.807) is 25.3 Å². The van der Waals surface area contributed by atoms with Gasteiger partial charge in [0.1, 0.15) is 0 Å². The maximum atomic E-state index is 13.2. The zero-order valence-electron chi connectivity index (χ0n) is 15.3. The van der Waals surface area contributed by atoms with E-state index in [2.05, 4.69) is 4.98 Å². The molecule has 0 spiro atoms. The van der Waals surface area contributed by atoms with Crippen LogP contribution in [0.25, 0.3) is 11.5 Å². The van der Waals surface area contributed by atoms with E-state index in [9.17, 15) is 8.42 Å². The number of benzene rings is 2. The number of methoxy groups -OCH3 is 1. The Hall–Kier alpha value is -2.48. The summed E-state index contributed by atoms with van der Waals surface area (Å²) in [4.78, 5) is 4.49. The summed E-state index contributed by atoms with van der Waals surface area (Å²) in [5.41, 5.74) is 7.87. The van der Waals surface area contributed by atoms with Crippen molar-refractivity contribution in [2.75, 3.05) is 13.7 Å².